The van der Waals surface area contributed by atoms with Crippen molar-refractivity contribution in [2.75, 3.05) is 23.7 Å². The average molecular weight is 675 g/mol. The Morgan fingerprint density at radius 1 is 0.455 bits per heavy atom. The summed E-state index contributed by atoms with van der Waals surface area (Å²) in [4.78, 5) is 0. The zero-order valence-electron chi connectivity index (χ0n) is 25.2. The van der Waals surface area contributed by atoms with Gasteiger partial charge in [-0.2, -0.15) is 0 Å². The van der Waals surface area contributed by atoms with E-state index < -0.39 is 0 Å². The van der Waals surface area contributed by atoms with Gasteiger partial charge in [0.1, 0.15) is 0 Å². The second kappa shape index (κ2) is 14.8. The summed E-state index contributed by atoms with van der Waals surface area (Å²) < 4.78 is 0. The predicted octanol–water partition coefficient (Wildman–Crippen LogP) is 9.48. The van der Waals surface area contributed by atoms with Gasteiger partial charge < -0.3 is 21.3 Å². The zero-order valence-corrected chi connectivity index (χ0v) is 28.4. The SMILES string of the molecule is C[C@@]12CCN[C@@H]1c1ccccc1N[C@@H]2c1ccccc1.C[C@]12CCN[C@H]1c1ccccc1N[C@H]2c1ccccc1.Cl.Cl.Cl.Cl. The Hall–Kier alpha value is -2.44. The second-order valence-corrected chi connectivity index (χ2v) is 12.4. The van der Waals surface area contributed by atoms with E-state index in [1.807, 2.05) is 0 Å². The minimum absolute atomic E-state index is 0. The number of rotatable bonds is 2. The summed E-state index contributed by atoms with van der Waals surface area (Å²) in [5.41, 5.74) is 8.62. The first-order valence-corrected chi connectivity index (χ1v) is 14.9. The molecule has 0 bridgehead atoms. The summed E-state index contributed by atoms with van der Waals surface area (Å²) in [5, 5.41) is 15.0. The standard InChI is InChI=1S/2C18H20N2.4ClH/c2*1-18-11-12-19-17(18)14-9-5-6-10-15(14)20-16(18)13-7-3-2-4-8-13;;;;/h2*2-10,16-17,19-20H,11-12H2,1H3;4*1H/t2*16-,17-,18+;;;;/m10..../s1. The van der Waals surface area contributed by atoms with E-state index in [2.05, 4.69) is 144 Å². The highest BCUT2D eigenvalue weighted by atomic mass is 35.5. The van der Waals surface area contributed by atoms with Crippen molar-refractivity contribution < 1.29 is 0 Å². The Labute approximate surface area is 287 Å². The molecule has 4 N–H and O–H groups in total. The molecule has 6 atom stereocenters. The van der Waals surface area contributed by atoms with Gasteiger partial charge in [-0.05, 0) is 60.3 Å². The van der Waals surface area contributed by atoms with E-state index in [4.69, 9.17) is 0 Å². The van der Waals surface area contributed by atoms with Crippen LogP contribution in [0.4, 0.5) is 11.4 Å². The van der Waals surface area contributed by atoms with Gasteiger partial charge in [-0.25, -0.2) is 0 Å². The predicted molar refractivity (Wildman–Crippen MR) is 194 cm³/mol. The van der Waals surface area contributed by atoms with Crippen LogP contribution in [0.25, 0.3) is 0 Å². The minimum atomic E-state index is 0. The lowest BCUT2D eigenvalue weighted by Crippen LogP contribution is -2.40. The van der Waals surface area contributed by atoms with Crippen LogP contribution in [0.3, 0.4) is 0 Å². The maximum atomic E-state index is 3.79. The van der Waals surface area contributed by atoms with Crippen LogP contribution in [-0.2, 0) is 0 Å². The van der Waals surface area contributed by atoms with Gasteiger partial charge in [0.15, 0.2) is 0 Å². The molecule has 0 radical (unpaired) electrons. The smallest absolute Gasteiger partial charge is 0.0586 e. The molecule has 0 spiro atoms. The lowest BCUT2D eigenvalue weighted by molar-refractivity contribution is 0.227. The molecule has 2 fully saturated rings. The third-order valence-electron chi connectivity index (χ3n) is 10.1. The Kier molecular flexibility index (Phi) is 12.1. The number of nitrogens with one attached hydrogen (secondary N) is 4. The molecule has 4 aromatic carbocycles. The van der Waals surface area contributed by atoms with Gasteiger partial charge in [-0.1, -0.05) is 111 Å². The van der Waals surface area contributed by atoms with Crippen LogP contribution in [0.5, 0.6) is 0 Å². The fourth-order valence-corrected chi connectivity index (χ4v) is 7.90. The summed E-state index contributed by atoms with van der Waals surface area (Å²) >= 11 is 0. The van der Waals surface area contributed by atoms with E-state index in [0.717, 1.165) is 13.1 Å². The Morgan fingerprint density at radius 2 is 0.795 bits per heavy atom. The molecule has 4 aromatic rings. The van der Waals surface area contributed by atoms with Crippen molar-refractivity contribution in [1.82, 2.24) is 10.6 Å². The number of para-hydroxylation sites is 2. The fourth-order valence-electron chi connectivity index (χ4n) is 7.90. The first kappa shape index (κ1) is 36.0. The molecular formula is C36H44Cl4N4. The summed E-state index contributed by atoms with van der Waals surface area (Å²) in [5.74, 6) is 0. The third kappa shape index (κ3) is 6.18. The zero-order chi connectivity index (χ0) is 27.2. The van der Waals surface area contributed by atoms with Gasteiger partial charge in [0.25, 0.3) is 0 Å². The third-order valence-corrected chi connectivity index (χ3v) is 10.1. The molecule has 8 rings (SSSR count). The van der Waals surface area contributed by atoms with E-state index >= 15 is 0 Å². The van der Waals surface area contributed by atoms with Crippen LogP contribution < -0.4 is 21.3 Å². The molecule has 4 aliphatic rings. The van der Waals surface area contributed by atoms with Crippen molar-refractivity contribution in [3.05, 3.63) is 131 Å². The van der Waals surface area contributed by atoms with Crippen LogP contribution in [0, 0.1) is 10.8 Å². The van der Waals surface area contributed by atoms with Crippen molar-refractivity contribution in [3.8, 4) is 0 Å². The van der Waals surface area contributed by atoms with Crippen molar-refractivity contribution in [2.24, 2.45) is 10.8 Å². The van der Waals surface area contributed by atoms with E-state index in [1.165, 1.54) is 46.5 Å². The molecule has 0 unspecified atom stereocenters. The Balaban J connectivity index is 0.000000220. The molecule has 4 aliphatic heterocycles. The number of hydrogen-bond donors (Lipinski definition) is 4. The van der Waals surface area contributed by atoms with Crippen molar-refractivity contribution in [1.29, 1.82) is 0 Å². The average Bonchev–Trinajstić information content (AvgIpc) is 3.61. The fraction of sp³-hybridized carbons (Fsp3) is 0.333. The van der Waals surface area contributed by atoms with Crippen molar-refractivity contribution in [3.63, 3.8) is 0 Å². The van der Waals surface area contributed by atoms with Gasteiger partial charge in [0.05, 0.1) is 12.1 Å². The molecule has 0 aromatic heterocycles. The summed E-state index contributed by atoms with van der Waals surface area (Å²) in [6, 6.07) is 40.8. The number of anilines is 2. The number of benzene rings is 4. The second-order valence-electron chi connectivity index (χ2n) is 12.4. The van der Waals surface area contributed by atoms with Gasteiger partial charge in [-0.15, -0.1) is 49.6 Å². The molecular weight excluding hydrogens is 630 g/mol. The summed E-state index contributed by atoms with van der Waals surface area (Å²) in [7, 11) is 0. The molecule has 0 saturated carbocycles. The number of halogens is 4. The van der Waals surface area contributed by atoms with E-state index in [-0.39, 0.29) is 60.5 Å². The molecule has 4 heterocycles. The van der Waals surface area contributed by atoms with Crippen LogP contribution in [0.1, 0.15) is 73.1 Å². The first-order chi connectivity index (χ1) is 19.6. The van der Waals surface area contributed by atoms with E-state index in [0.29, 0.717) is 24.2 Å². The van der Waals surface area contributed by atoms with Gasteiger partial charge in [-0.3, -0.25) is 0 Å². The normalized spacial score (nSPS) is 28.4. The maximum Gasteiger partial charge on any atom is 0.0586 e. The van der Waals surface area contributed by atoms with Crippen LogP contribution in [-0.4, -0.2) is 13.1 Å². The Morgan fingerprint density at radius 3 is 1.18 bits per heavy atom. The van der Waals surface area contributed by atoms with Gasteiger partial charge in [0.2, 0.25) is 0 Å². The monoisotopic (exact) mass is 672 g/mol. The lowest BCUT2D eigenvalue weighted by atomic mass is 9.68. The van der Waals surface area contributed by atoms with Crippen molar-refractivity contribution >= 4 is 61.0 Å². The lowest BCUT2D eigenvalue weighted by Gasteiger charge is -2.45. The van der Waals surface area contributed by atoms with Crippen molar-refractivity contribution in [2.45, 2.75) is 50.9 Å². The molecule has 236 valence electrons. The molecule has 4 nitrogen and oxygen atoms in total. The summed E-state index contributed by atoms with van der Waals surface area (Å²) in [6.07, 6.45) is 2.41. The molecule has 2 saturated heterocycles. The van der Waals surface area contributed by atoms with Crippen LogP contribution in [0.15, 0.2) is 109 Å². The van der Waals surface area contributed by atoms with E-state index in [9.17, 15) is 0 Å². The quantitative estimate of drug-likeness (QED) is 0.171. The largest absolute Gasteiger partial charge is 0.377 e. The number of hydrogen-bond acceptors (Lipinski definition) is 4. The van der Waals surface area contributed by atoms with Crippen LogP contribution >= 0.6 is 49.6 Å². The minimum Gasteiger partial charge on any atom is -0.377 e. The topological polar surface area (TPSA) is 48.1 Å². The van der Waals surface area contributed by atoms with Crippen LogP contribution in [0.2, 0.25) is 0 Å². The maximum absolute atomic E-state index is 3.79. The Bertz CT molecular complexity index is 1380. The van der Waals surface area contributed by atoms with Gasteiger partial charge in [0, 0.05) is 34.3 Å². The molecule has 8 heteroatoms. The van der Waals surface area contributed by atoms with Gasteiger partial charge >= 0.3 is 0 Å². The summed E-state index contributed by atoms with van der Waals surface area (Å²) in [6.45, 7) is 7.03. The highest BCUT2D eigenvalue weighted by Gasteiger charge is 2.50. The number of fused-ring (bicyclic) bond motifs is 6. The highest BCUT2D eigenvalue weighted by Crippen LogP contribution is 2.57. The molecule has 44 heavy (non-hydrogen) atoms. The highest BCUT2D eigenvalue weighted by molar-refractivity contribution is 5.86. The molecule has 0 aliphatic carbocycles. The van der Waals surface area contributed by atoms with E-state index in [1.54, 1.807) is 0 Å². The molecule has 0 amide bonds. The first-order valence-electron chi connectivity index (χ1n) is 14.9.